The summed E-state index contributed by atoms with van der Waals surface area (Å²) in [5.41, 5.74) is 0. The molecule has 0 spiro atoms. The topological polar surface area (TPSA) is 38.3 Å². The maximum Gasteiger partial charge on any atom is 0.411 e. The normalized spacial score (nSPS) is 13.7. The highest BCUT2D eigenvalue weighted by atomic mass is 35.5. The Balaban J connectivity index is 3.82. The second kappa shape index (κ2) is 8.58. The van der Waals surface area contributed by atoms with Crippen LogP contribution < -0.4 is 5.32 Å². The average molecular weight is 290 g/mol. The lowest BCUT2D eigenvalue weighted by Crippen LogP contribution is -2.39. The molecule has 0 rings (SSSR count). The Hall–Kier alpha value is -0.490. The van der Waals surface area contributed by atoms with Gasteiger partial charge in [0.15, 0.2) is 0 Å². The van der Waals surface area contributed by atoms with Crippen LogP contribution in [0.15, 0.2) is 0 Å². The number of halogens is 4. The van der Waals surface area contributed by atoms with E-state index in [-0.39, 0.29) is 30.9 Å². The number of hydrogen-bond acceptors (Lipinski definition) is 2. The molecule has 0 saturated heterocycles. The van der Waals surface area contributed by atoms with Crippen molar-refractivity contribution in [2.75, 3.05) is 19.1 Å². The van der Waals surface area contributed by atoms with E-state index in [1.807, 2.05) is 13.8 Å². The van der Waals surface area contributed by atoms with Crippen molar-refractivity contribution in [3.63, 3.8) is 0 Å². The summed E-state index contributed by atoms with van der Waals surface area (Å²) in [6.45, 7) is 2.32. The first-order chi connectivity index (χ1) is 8.26. The molecule has 0 fully saturated rings. The van der Waals surface area contributed by atoms with Crippen LogP contribution in [0.4, 0.5) is 13.2 Å². The molecule has 0 radical (unpaired) electrons. The van der Waals surface area contributed by atoms with E-state index < -0.39 is 12.8 Å². The van der Waals surface area contributed by atoms with Gasteiger partial charge in [-0.2, -0.15) is 13.2 Å². The van der Waals surface area contributed by atoms with E-state index in [1.54, 1.807) is 0 Å². The molecular formula is C11H19ClF3NO2. The van der Waals surface area contributed by atoms with E-state index in [9.17, 15) is 18.0 Å². The second-order valence-electron chi connectivity index (χ2n) is 4.31. The lowest BCUT2D eigenvalue weighted by molar-refractivity contribution is -0.174. The van der Waals surface area contributed by atoms with Crippen LogP contribution in [-0.4, -0.2) is 37.2 Å². The van der Waals surface area contributed by atoms with Gasteiger partial charge >= 0.3 is 6.18 Å². The number of hydrogen-bond donors (Lipinski definition) is 1. The maximum atomic E-state index is 11.8. The molecular weight excluding hydrogens is 271 g/mol. The van der Waals surface area contributed by atoms with Gasteiger partial charge in [0, 0.05) is 18.3 Å². The summed E-state index contributed by atoms with van der Waals surface area (Å²) < 4.78 is 39.6. The number of rotatable bonds is 8. The zero-order chi connectivity index (χ0) is 14.2. The van der Waals surface area contributed by atoms with Gasteiger partial charge in [0.1, 0.15) is 6.61 Å². The van der Waals surface area contributed by atoms with Crippen molar-refractivity contribution in [2.45, 2.75) is 38.9 Å². The molecule has 0 bridgehead atoms. The summed E-state index contributed by atoms with van der Waals surface area (Å²) >= 11 is 5.60. The molecule has 3 nitrogen and oxygen atoms in total. The Morgan fingerprint density at radius 3 is 2.44 bits per heavy atom. The minimum absolute atomic E-state index is 0.0578. The van der Waals surface area contributed by atoms with Crippen LogP contribution in [-0.2, 0) is 9.53 Å². The molecule has 1 unspecified atom stereocenters. The second-order valence-corrected chi connectivity index (χ2v) is 4.69. The molecule has 0 aliphatic rings. The van der Waals surface area contributed by atoms with Gasteiger partial charge in [-0.15, -0.1) is 11.6 Å². The Morgan fingerprint density at radius 2 is 2.00 bits per heavy atom. The highest BCUT2D eigenvalue weighted by Gasteiger charge is 2.27. The highest BCUT2D eigenvalue weighted by molar-refractivity contribution is 6.17. The van der Waals surface area contributed by atoms with Gasteiger partial charge in [-0.25, -0.2) is 0 Å². The first kappa shape index (κ1) is 17.5. The van der Waals surface area contributed by atoms with Crippen LogP contribution in [0.25, 0.3) is 0 Å². The average Bonchev–Trinajstić information content (AvgIpc) is 2.22. The minimum Gasteiger partial charge on any atom is -0.372 e. The summed E-state index contributed by atoms with van der Waals surface area (Å²) in [5.74, 6) is 0.332. The summed E-state index contributed by atoms with van der Waals surface area (Å²) in [6, 6.07) is -0.0578. The third-order valence-electron chi connectivity index (χ3n) is 2.31. The summed E-state index contributed by atoms with van der Waals surface area (Å²) in [5, 5.41) is 2.73. The van der Waals surface area contributed by atoms with Gasteiger partial charge in [0.05, 0.1) is 6.61 Å². The maximum absolute atomic E-state index is 11.8. The zero-order valence-corrected chi connectivity index (χ0v) is 11.3. The third kappa shape index (κ3) is 9.53. The van der Waals surface area contributed by atoms with Gasteiger partial charge in [-0.05, 0) is 12.3 Å². The molecule has 1 N–H and O–H groups in total. The van der Waals surface area contributed by atoms with E-state index in [0.717, 1.165) is 0 Å². The molecule has 7 heteroatoms. The zero-order valence-electron chi connectivity index (χ0n) is 10.5. The standard InChI is InChI=1S/C11H19ClF3NO2/c1-8(2)9(3-5-12)16-10(17)4-6-18-7-11(13,14)15/h8-9H,3-7H2,1-2H3,(H,16,17). The van der Waals surface area contributed by atoms with Crippen molar-refractivity contribution >= 4 is 17.5 Å². The number of carbonyl (C=O) groups is 1. The number of carbonyl (C=O) groups excluding carboxylic acids is 1. The quantitative estimate of drug-likeness (QED) is 0.551. The van der Waals surface area contributed by atoms with Gasteiger partial charge in [-0.1, -0.05) is 13.8 Å². The first-order valence-electron chi connectivity index (χ1n) is 5.76. The molecule has 0 heterocycles. The molecule has 1 atom stereocenters. The van der Waals surface area contributed by atoms with Crippen molar-refractivity contribution in [3.8, 4) is 0 Å². The number of alkyl halides is 4. The van der Waals surface area contributed by atoms with E-state index in [1.165, 1.54) is 0 Å². The first-order valence-corrected chi connectivity index (χ1v) is 6.29. The van der Waals surface area contributed by atoms with Crippen molar-refractivity contribution in [1.82, 2.24) is 5.32 Å². The van der Waals surface area contributed by atoms with Crippen LogP contribution >= 0.6 is 11.6 Å². The lowest BCUT2D eigenvalue weighted by atomic mass is 10.0. The summed E-state index contributed by atoms with van der Waals surface area (Å²) in [7, 11) is 0. The predicted octanol–water partition coefficient (Wildman–Crippen LogP) is 2.73. The monoisotopic (exact) mass is 289 g/mol. The number of amides is 1. The third-order valence-corrected chi connectivity index (χ3v) is 2.53. The SMILES string of the molecule is CC(C)C(CCCl)NC(=O)CCOCC(F)(F)F. The van der Waals surface area contributed by atoms with Crippen LogP contribution in [0.3, 0.4) is 0 Å². The smallest absolute Gasteiger partial charge is 0.372 e. The number of ether oxygens (including phenoxy) is 1. The molecule has 0 aromatic heterocycles. The summed E-state index contributed by atoms with van der Waals surface area (Å²) in [4.78, 5) is 11.4. The summed E-state index contributed by atoms with van der Waals surface area (Å²) in [6.07, 6.45) is -3.80. The molecule has 0 aliphatic heterocycles. The van der Waals surface area contributed by atoms with E-state index in [4.69, 9.17) is 11.6 Å². The van der Waals surface area contributed by atoms with Crippen molar-refractivity contribution in [1.29, 1.82) is 0 Å². The Labute approximate surface area is 110 Å². The van der Waals surface area contributed by atoms with Gasteiger partial charge in [-0.3, -0.25) is 4.79 Å². The van der Waals surface area contributed by atoms with Crippen molar-refractivity contribution in [2.24, 2.45) is 5.92 Å². The Kier molecular flexibility index (Phi) is 8.35. The van der Waals surface area contributed by atoms with Crippen molar-refractivity contribution in [3.05, 3.63) is 0 Å². The molecule has 0 aromatic rings. The molecule has 0 aromatic carbocycles. The van der Waals surface area contributed by atoms with E-state index in [2.05, 4.69) is 10.1 Å². The Morgan fingerprint density at radius 1 is 1.39 bits per heavy atom. The fraction of sp³-hybridized carbons (Fsp3) is 0.909. The van der Waals surface area contributed by atoms with Gasteiger partial charge < -0.3 is 10.1 Å². The molecule has 18 heavy (non-hydrogen) atoms. The van der Waals surface area contributed by atoms with Crippen LogP contribution in [0.5, 0.6) is 0 Å². The van der Waals surface area contributed by atoms with Crippen LogP contribution in [0.2, 0.25) is 0 Å². The fourth-order valence-corrected chi connectivity index (χ4v) is 1.56. The molecule has 0 aliphatic carbocycles. The molecule has 108 valence electrons. The van der Waals surface area contributed by atoms with Crippen LogP contribution in [0, 0.1) is 5.92 Å². The van der Waals surface area contributed by atoms with Crippen molar-refractivity contribution < 1.29 is 22.7 Å². The van der Waals surface area contributed by atoms with Gasteiger partial charge in [0.2, 0.25) is 5.91 Å². The van der Waals surface area contributed by atoms with E-state index >= 15 is 0 Å². The van der Waals surface area contributed by atoms with Gasteiger partial charge in [0.25, 0.3) is 0 Å². The largest absolute Gasteiger partial charge is 0.411 e. The fourth-order valence-electron chi connectivity index (χ4n) is 1.32. The lowest BCUT2D eigenvalue weighted by Gasteiger charge is -2.21. The highest BCUT2D eigenvalue weighted by Crippen LogP contribution is 2.14. The number of nitrogens with one attached hydrogen (secondary N) is 1. The van der Waals surface area contributed by atoms with Crippen LogP contribution in [0.1, 0.15) is 26.7 Å². The molecule has 1 amide bonds. The predicted molar refractivity (Wildman–Crippen MR) is 63.6 cm³/mol. The van der Waals surface area contributed by atoms with E-state index in [0.29, 0.717) is 12.3 Å². The Bertz CT molecular complexity index is 247. The minimum atomic E-state index is -4.35. The molecule has 0 saturated carbocycles.